The summed E-state index contributed by atoms with van der Waals surface area (Å²) in [6, 6.07) is 6.97. The lowest BCUT2D eigenvalue weighted by molar-refractivity contribution is 0.434. The molecule has 1 aromatic heterocycles. The third kappa shape index (κ3) is 2.23. The van der Waals surface area contributed by atoms with Crippen molar-refractivity contribution in [1.29, 1.82) is 0 Å². The van der Waals surface area contributed by atoms with Crippen molar-refractivity contribution >= 4 is 0 Å². The van der Waals surface area contributed by atoms with E-state index in [1.165, 1.54) is 0 Å². The van der Waals surface area contributed by atoms with Gasteiger partial charge in [0.15, 0.2) is 5.89 Å². The molecule has 2 aromatic rings. The highest BCUT2D eigenvalue weighted by molar-refractivity contribution is 5.33. The predicted octanol–water partition coefficient (Wildman–Crippen LogP) is 1.99. The molecule has 0 amide bonds. The average molecular weight is 218 g/mol. The number of aromatic nitrogens is 1. The summed E-state index contributed by atoms with van der Waals surface area (Å²) in [6.45, 7) is 1.84. The SMILES string of the molecule is CC(N)c1cnc(Cc2ccccc2O)o1. The summed E-state index contributed by atoms with van der Waals surface area (Å²) in [7, 11) is 0. The van der Waals surface area contributed by atoms with E-state index < -0.39 is 0 Å². The van der Waals surface area contributed by atoms with Crippen LogP contribution in [0.2, 0.25) is 0 Å². The molecule has 0 aliphatic heterocycles. The van der Waals surface area contributed by atoms with E-state index in [2.05, 4.69) is 4.98 Å². The molecule has 16 heavy (non-hydrogen) atoms. The summed E-state index contributed by atoms with van der Waals surface area (Å²) in [5, 5.41) is 9.59. The first-order valence-electron chi connectivity index (χ1n) is 5.14. The molecule has 2 rings (SSSR count). The molecule has 3 N–H and O–H groups in total. The number of hydrogen-bond donors (Lipinski definition) is 2. The maximum atomic E-state index is 9.59. The zero-order valence-corrected chi connectivity index (χ0v) is 9.05. The molecule has 4 nitrogen and oxygen atoms in total. The highest BCUT2D eigenvalue weighted by Crippen LogP contribution is 2.20. The lowest BCUT2D eigenvalue weighted by Gasteiger charge is -2.01. The van der Waals surface area contributed by atoms with Crippen LogP contribution in [0.25, 0.3) is 0 Å². The Kier molecular flexibility index (Phi) is 2.92. The highest BCUT2D eigenvalue weighted by Gasteiger charge is 2.09. The Morgan fingerprint density at radius 3 is 2.81 bits per heavy atom. The van der Waals surface area contributed by atoms with Gasteiger partial charge in [0, 0.05) is 5.56 Å². The quantitative estimate of drug-likeness (QED) is 0.826. The zero-order valence-electron chi connectivity index (χ0n) is 9.05. The largest absolute Gasteiger partial charge is 0.508 e. The lowest BCUT2D eigenvalue weighted by atomic mass is 10.1. The van der Waals surface area contributed by atoms with Gasteiger partial charge >= 0.3 is 0 Å². The molecule has 0 saturated heterocycles. The normalized spacial score (nSPS) is 12.6. The summed E-state index contributed by atoms with van der Waals surface area (Å²) in [5.74, 6) is 1.47. The van der Waals surface area contributed by atoms with E-state index in [-0.39, 0.29) is 11.8 Å². The van der Waals surface area contributed by atoms with Gasteiger partial charge in [0.2, 0.25) is 0 Å². The summed E-state index contributed by atoms with van der Waals surface area (Å²) < 4.78 is 5.46. The molecular weight excluding hydrogens is 204 g/mol. The van der Waals surface area contributed by atoms with Crippen molar-refractivity contribution in [2.45, 2.75) is 19.4 Å². The Balaban J connectivity index is 2.18. The van der Waals surface area contributed by atoms with Gasteiger partial charge < -0.3 is 15.3 Å². The van der Waals surface area contributed by atoms with Gasteiger partial charge in [0.25, 0.3) is 0 Å². The molecule has 1 unspecified atom stereocenters. The van der Waals surface area contributed by atoms with Crippen molar-refractivity contribution in [2.75, 3.05) is 0 Å². The Morgan fingerprint density at radius 1 is 1.44 bits per heavy atom. The fraction of sp³-hybridized carbons (Fsp3) is 0.250. The Bertz CT molecular complexity index is 477. The number of nitrogens with zero attached hydrogens (tertiary/aromatic N) is 1. The van der Waals surface area contributed by atoms with Crippen LogP contribution in [-0.4, -0.2) is 10.1 Å². The third-order valence-electron chi connectivity index (χ3n) is 2.35. The number of aromatic hydroxyl groups is 1. The highest BCUT2D eigenvalue weighted by atomic mass is 16.4. The fourth-order valence-electron chi connectivity index (χ4n) is 1.44. The average Bonchev–Trinajstić information content (AvgIpc) is 2.70. The Hall–Kier alpha value is -1.81. The molecule has 4 heteroatoms. The monoisotopic (exact) mass is 218 g/mol. The number of para-hydroxylation sites is 1. The van der Waals surface area contributed by atoms with Crippen molar-refractivity contribution in [2.24, 2.45) is 5.73 Å². The smallest absolute Gasteiger partial charge is 0.199 e. The molecule has 1 heterocycles. The minimum atomic E-state index is -0.161. The number of phenolic OH excluding ortho intramolecular Hbond substituents is 1. The molecule has 84 valence electrons. The van der Waals surface area contributed by atoms with Gasteiger partial charge in [-0.2, -0.15) is 0 Å². The molecular formula is C12H14N2O2. The Morgan fingerprint density at radius 2 is 2.19 bits per heavy atom. The van der Waals surface area contributed by atoms with Crippen LogP contribution in [0.1, 0.15) is 30.2 Å². The molecule has 0 radical (unpaired) electrons. The number of nitrogens with two attached hydrogens (primary N) is 1. The van der Waals surface area contributed by atoms with Crippen LogP contribution in [0.5, 0.6) is 5.75 Å². The number of hydrogen-bond acceptors (Lipinski definition) is 4. The lowest BCUT2D eigenvalue weighted by Crippen LogP contribution is -2.02. The van der Waals surface area contributed by atoms with E-state index >= 15 is 0 Å². The summed E-state index contributed by atoms with van der Waals surface area (Å²) in [6.07, 6.45) is 2.10. The summed E-state index contributed by atoms with van der Waals surface area (Å²) >= 11 is 0. The van der Waals surface area contributed by atoms with Crippen LogP contribution < -0.4 is 5.73 Å². The van der Waals surface area contributed by atoms with Crippen molar-refractivity contribution in [3.63, 3.8) is 0 Å². The van der Waals surface area contributed by atoms with Gasteiger partial charge in [-0.3, -0.25) is 0 Å². The molecule has 0 aliphatic rings. The van der Waals surface area contributed by atoms with Gasteiger partial charge in [-0.1, -0.05) is 18.2 Å². The zero-order chi connectivity index (χ0) is 11.5. The standard InChI is InChI=1S/C12H14N2O2/c1-8(13)11-7-14-12(16-11)6-9-4-2-3-5-10(9)15/h2-5,7-8,15H,6,13H2,1H3. The molecule has 0 bridgehead atoms. The van der Waals surface area contributed by atoms with Gasteiger partial charge in [-0.05, 0) is 13.0 Å². The number of phenols is 1. The molecule has 1 atom stereocenters. The van der Waals surface area contributed by atoms with Crippen LogP contribution in [0.3, 0.4) is 0 Å². The second-order valence-electron chi connectivity index (χ2n) is 3.75. The minimum Gasteiger partial charge on any atom is -0.508 e. The van der Waals surface area contributed by atoms with Crippen LogP contribution in [0.4, 0.5) is 0 Å². The second kappa shape index (κ2) is 4.37. The maximum absolute atomic E-state index is 9.59. The topological polar surface area (TPSA) is 72.3 Å². The molecule has 0 saturated carbocycles. The van der Waals surface area contributed by atoms with Gasteiger partial charge in [-0.15, -0.1) is 0 Å². The van der Waals surface area contributed by atoms with Crippen LogP contribution >= 0.6 is 0 Å². The summed E-state index contributed by atoms with van der Waals surface area (Å²) in [5.41, 5.74) is 6.46. The van der Waals surface area contributed by atoms with E-state index in [9.17, 15) is 5.11 Å². The molecule has 1 aromatic carbocycles. The van der Waals surface area contributed by atoms with E-state index in [0.29, 0.717) is 18.1 Å². The van der Waals surface area contributed by atoms with Gasteiger partial charge in [0.05, 0.1) is 18.7 Å². The van der Waals surface area contributed by atoms with Crippen molar-refractivity contribution in [3.8, 4) is 5.75 Å². The van der Waals surface area contributed by atoms with Crippen molar-refractivity contribution in [3.05, 3.63) is 47.7 Å². The van der Waals surface area contributed by atoms with E-state index in [4.69, 9.17) is 10.2 Å². The molecule has 0 spiro atoms. The third-order valence-corrected chi connectivity index (χ3v) is 2.35. The Labute approximate surface area is 93.7 Å². The second-order valence-corrected chi connectivity index (χ2v) is 3.75. The first kappa shape index (κ1) is 10.7. The number of oxazole rings is 1. The van der Waals surface area contributed by atoms with E-state index in [0.717, 1.165) is 5.56 Å². The van der Waals surface area contributed by atoms with Crippen molar-refractivity contribution < 1.29 is 9.52 Å². The van der Waals surface area contributed by atoms with Gasteiger partial charge in [-0.25, -0.2) is 4.98 Å². The van der Waals surface area contributed by atoms with E-state index in [1.807, 2.05) is 19.1 Å². The van der Waals surface area contributed by atoms with Crippen LogP contribution in [0, 0.1) is 0 Å². The number of rotatable bonds is 3. The van der Waals surface area contributed by atoms with Crippen molar-refractivity contribution in [1.82, 2.24) is 4.98 Å². The number of benzene rings is 1. The summed E-state index contributed by atoms with van der Waals surface area (Å²) in [4.78, 5) is 4.12. The maximum Gasteiger partial charge on any atom is 0.199 e. The first-order valence-corrected chi connectivity index (χ1v) is 5.14. The van der Waals surface area contributed by atoms with Crippen LogP contribution in [-0.2, 0) is 6.42 Å². The minimum absolute atomic E-state index is 0.161. The fourth-order valence-corrected chi connectivity index (χ4v) is 1.44. The predicted molar refractivity (Wildman–Crippen MR) is 60.0 cm³/mol. The van der Waals surface area contributed by atoms with Gasteiger partial charge in [0.1, 0.15) is 11.5 Å². The molecule has 0 fully saturated rings. The van der Waals surface area contributed by atoms with E-state index in [1.54, 1.807) is 18.3 Å². The van der Waals surface area contributed by atoms with Crippen LogP contribution in [0.15, 0.2) is 34.9 Å². The molecule has 0 aliphatic carbocycles. The first-order chi connectivity index (χ1) is 7.66.